The molecule has 9 heteroatoms. The number of alkyl halides is 1. The van der Waals surface area contributed by atoms with Crippen molar-refractivity contribution >= 4 is 41.9 Å². The first-order valence-electron chi connectivity index (χ1n) is 4.93. The lowest BCUT2D eigenvalue weighted by atomic mass is 10.1. The Bertz CT molecular complexity index is 466. The number of hydrogen-bond donors (Lipinski definition) is 1. The van der Waals surface area contributed by atoms with E-state index in [1.807, 2.05) is 13.8 Å². The van der Waals surface area contributed by atoms with E-state index in [4.69, 9.17) is 0 Å². The third kappa shape index (κ3) is 3.49. The van der Waals surface area contributed by atoms with Crippen molar-refractivity contribution < 1.29 is 8.42 Å². The number of halogens is 2. The van der Waals surface area contributed by atoms with Crippen molar-refractivity contribution in [2.45, 2.75) is 24.9 Å². The highest BCUT2D eigenvalue weighted by molar-refractivity contribution is 9.10. The maximum Gasteiger partial charge on any atom is 0.260 e. The minimum atomic E-state index is -3.62. The van der Waals surface area contributed by atoms with Crippen molar-refractivity contribution in [1.29, 1.82) is 0 Å². The van der Waals surface area contributed by atoms with Crippen LogP contribution < -0.4 is 4.72 Å². The average Bonchev–Trinajstić information content (AvgIpc) is 2.55. The second-order valence-corrected chi connectivity index (χ2v) is 6.96. The van der Waals surface area contributed by atoms with Crippen LogP contribution in [0, 0.1) is 5.92 Å². The number of aryl methyl sites for hydroxylation is 1. The van der Waals surface area contributed by atoms with Gasteiger partial charge in [0.15, 0.2) is 4.60 Å². The zero-order chi connectivity index (χ0) is 13.2. The van der Waals surface area contributed by atoms with E-state index in [0.717, 1.165) is 0 Å². The molecule has 1 unspecified atom stereocenters. The molecule has 0 aliphatic rings. The van der Waals surface area contributed by atoms with Crippen LogP contribution in [0.25, 0.3) is 0 Å². The lowest BCUT2D eigenvalue weighted by Crippen LogP contribution is -2.40. The number of aromatic nitrogens is 3. The third-order valence-electron chi connectivity index (χ3n) is 2.27. The van der Waals surface area contributed by atoms with Crippen LogP contribution in [0.15, 0.2) is 9.63 Å². The van der Waals surface area contributed by atoms with E-state index in [-0.39, 0.29) is 21.6 Å². The van der Waals surface area contributed by atoms with Crippen LogP contribution in [-0.4, -0.2) is 34.8 Å². The smallest absolute Gasteiger partial charge is 0.235 e. The minimum Gasteiger partial charge on any atom is -0.235 e. The van der Waals surface area contributed by atoms with Crippen LogP contribution >= 0.6 is 31.9 Å². The van der Waals surface area contributed by atoms with E-state index in [1.54, 1.807) is 0 Å². The molecule has 0 radical (unpaired) electrons. The summed E-state index contributed by atoms with van der Waals surface area (Å²) in [5.41, 5.74) is 0. The molecule has 6 nitrogen and oxygen atoms in total. The van der Waals surface area contributed by atoms with Gasteiger partial charge in [-0.2, -0.15) is 0 Å². The molecule has 0 aliphatic carbocycles. The van der Waals surface area contributed by atoms with Gasteiger partial charge in [0.1, 0.15) is 0 Å². The van der Waals surface area contributed by atoms with Crippen LogP contribution in [-0.2, 0) is 17.1 Å². The SMILES string of the molecule is CC(C)C(CBr)NS(=O)(=O)c1c(Br)nnn1C. The Hall–Kier alpha value is 0.0100. The van der Waals surface area contributed by atoms with Gasteiger partial charge in [0.2, 0.25) is 5.03 Å². The predicted molar refractivity (Wildman–Crippen MR) is 71.4 cm³/mol. The molecule has 17 heavy (non-hydrogen) atoms. The highest BCUT2D eigenvalue weighted by atomic mass is 79.9. The lowest BCUT2D eigenvalue weighted by Gasteiger charge is -2.19. The van der Waals surface area contributed by atoms with Gasteiger partial charge in [-0.05, 0) is 21.8 Å². The molecular weight excluding hydrogens is 376 g/mol. The number of sulfonamides is 1. The van der Waals surface area contributed by atoms with Gasteiger partial charge in [0.05, 0.1) is 0 Å². The maximum atomic E-state index is 12.1. The average molecular weight is 390 g/mol. The van der Waals surface area contributed by atoms with Gasteiger partial charge in [-0.15, -0.1) is 5.10 Å². The summed E-state index contributed by atoms with van der Waals surface area (Å²) in [5.74, 6) is 0.184. The zero-order valence-corrected chi connectivity index (χ0v) is 13.7. The predicted octanol–water partition coefficient (Wildman–Crippen LogP) is 1.28. The number of nitrogens with zero attached hydrogens (tertiary/aromatic N) is 3. The van der Waals surface area contributed by atoms with E-state index >= 15 is 0 Å². The molecule has 0 bridgehead atoms. The molecule has 1 aromatic heterocycles. The maximum absolute atomic E-state index is 12.1. The topological polar surface area (TPSA) is 76.9 Å². The van der Waals surface area contributed by atoms with Gasteiger partial charge in [-0.25, -0.2) is 17.8 Å². The largest absolute Gasteiger partial charge is 0.260 e. The first kappa shape index (κ1) is 15.1. The quantitative estimate of drug-likeness (QED) is 0.769. The number of hydrogen-bond acceptors (Lipinski definition) is 4. The van der Waals surface area contributed by atoms with Gasteiger partial charge in [0, 0.05) is 18.4 Å². The molecule has 0 spiro atoms. The minimum absolute atomic E-state index is 0.0316. The van der Waals surface area contributed by atoms with Crippen molar-refractivity contribution in [3.05, 3.63) is 4.60 Å². The van der Waals surface area contributed by atoms with Gasteiger partial charge in [0.25, 0.3) is 10.0 Å². The van der Waals surface area contributed by atoms with E-state index in [0.29, 0.717) is 5.33 Å². The second kappa shape index (κ2) is 5.77. The monoisotopic (exact) mass is 388 g/mol. The summed E-state index contributed by atoms with van der Waals surface area (Å²) in [6, 6.07) is -0.179. The Morgan fingerprint density at radius 3 is 2.41 bits per heavy atom. The fraction of sp³-hybridized carbons (Fsp3) is 0.750. The number of rotatable bonds is 5. The molecule has 1 aromatic rings. The molecule has 1 N–H and O–H groups in total. The Balaban J connectivity index is 3.05. The normalized spacial score (nSPS) is 14.2. The summed E-state index contributed by atoms with van der Waals surface area (Å²) in [6.45, 7) is 3.90. The summed E-state index contributed by atoms with van der Waals surface area (Å²) in [5, 5.41) is 7.89. The Kier molecular flexibility index (Phi) is 5.11. The van der Waals surface area contributed by atoms with E-state index in [2.05, 4.69) is 46.9 Å². The van der Waals surface area contributed by atoms with E-state index < -0.39 is 10.0 Å². The molecule has 0 saturated heterocycles. The fourth-order valence-corrected chi connectivity index (χ4v) is 4.81. The highest BCUT2D eigenvalue weighted by Crippen LogP contribution is 2.19. The highest BCUT2D eigenvalue weighted by Gasteiger charge is 2.27. The van der Waals surface area contributed by atoms with Gasteiger partial charge in [-0.1, -0.05) is 35.0 Å². The van der Waals surface area contributed by atoms with Gasteiger partial charge >= 0.3 is 0 Å². The molecule has 1 rings (SSSR count). The summed E-state index contributed by atoms with van der Waals surface area (Å²) < 4.78 is 28.3. The fourth-order valence-electron chi connectivity index (χ4n) is 1.21. The first-order chi connectivity index (χ1) is 7.79. The molecule has 0 aromatic carbocycles. The van der Waals surface area contributed by atoms with Crippen LogP contribution in [0.4, 0.5) is 0 Å². The van der Waals surface area contributed by atoms with Crippen LogP contribution in [0.2, 0.25) is 0 Å². The van der Waals surface area contributed by atoms with Crippen molar-refractivity contribution in [2.75, 3.05) is 5.33 Å². The van der Waals surface area contributed by atoms with Crippen LogP contribution in [0.1, 0.15) is 13.8 Å². The van der Waals surface area contributed by atoms with Gasteiger partial charge < -0.3 is 0 Å². The van der Waals surface area contributed by atoms with E-state index in [1.165, 1.54) is 11.7 Å². The van der Waals surface area contributed by atoms with E-state index in [9.17, 15) is 8.42 Å². The van der Waals surface area contributed by atoms with Crippen LogP contribution in [0.5, 0.6) is 0 Å². The van der Waals surface area contributed by atoms with Crippen molar-refractivity contribution in [2.24, 2.45) is 13.0 Å². The van der Waals surface area contributed by atoms with Crippen LogP contribution in [0.3, 0.4) is 0 Å². The Labute approximate surface area is 117 Å². The molecule has 0 aliphatic heterocycles. The van der Waals surface area contributed by atoms with Crippen molar-refractivity contribution in [3.63, 3.8) is 0 Å². The van der Waals surface area contributed by atoms with Crippen molar-refractivity contribution in [3.8, 4) is 0 Å². The third-order valence-corrected chi connectivity index (χ3v) is 5.34. The zero-order valence-electron chi connectivity index (χ0n) is 9.68. The Morgan fingerprint density at radius 1 is 1.47 bits per heavy atom. The lowest BCUT2D eigenvalue weighted by molar-refractivity contribution is 0.478. The molecule has 0 fully saturated rings. The number of nitrogens with one attached hydrogen (secondary N) is 1. The molecule has 98 valence electrons. The molecular formula is C8H14Br2N4O2S. The van der Waals surface area contributed by atoms with Gasteiger partial charge in [-0.3, -0.25) is 0 Å². The summed E-state index contributed by atoms with van der Waals surface area (Å²) in [4.78, 5) is 0. The standard InChI is InChI=1S/C8H14Br2N4O2S/c1-5(2)6(4-9)12-17(15,16)8-7(10)11-13-14(8)3/h5-6,12H,4H2,1-3H3. The molecule has 1 atom stereocenters. The van der Waals surface area contributed by atoms with Crippen molar-refractivity contribution in [1.82, 2.24) is 19.7 Å². The summed E-state index contributed by atoms with van der Waals surface area (Å²) in [7, 11) is -2.09. The summed E-state index contributed by atoms with van der Waals surface area (Å²) in [6.07, 6.45) is 0. The first-order valence-corrected chi connectivity index (χ1v) is 8.32. The Morgan fingerprint density at radius 2 is 2.06 bits per heavy atom. The molecule has 1 heterocycles. The molecule has 0 amide bonds. The second-order valence-electron chi connectivity index (χ2n) is 3.94. The summed E-state index contributed by atoms with van der Waals surface area (Å²) >= 11 is 6.37. The molecule has 0 saturated carbocycles.